The van der Waals surface area contributed by atoms with Crippen molar-refractivity contribution in [2.24, 2.45) is 9.98 Å². The van der Waals surface area contributed by atoms with Crippen LogP contribution in [0.5, 0.6) is 0 Å². The molecule has 1 aliphatic carbocycles. The zero-order valence-electron chi connectivity index (χ0n) is 38.3. The molecular formula is C66H45N3S. The first-order chi connectivity index (χ1) is 34.7. The van der Waals surface area contributed by atoms with Gasteiger partial charge in [0.1, 0.15) is 0 Å². The summed E-state index contributed by atoms with van der Waals surface area (Å²) in [5, 5.41) is 0. The topological polar surface area (TPSA) is 37.6 Å². The van der Waals surface area contributed by atoms with Crippen molar-refractivity contribution in [1.82, 2.24) is 4.98 Å². The number of hydrogen-bond acceptors (Lipinski definition) is 4. The van der Waals surface area contributed by atoms with E-state index in [1.807, 2.05) is 17.8 Å². The van der Waals surface area contributed by atoms with Gasteiger partial charge >= 0.3 is 0 Å². The van der Waals surface area contributed by atoms with E-state index in [0.29, 0.717) is 5.84 Å². The summed E-state index contributed by atoms with van der Waals surface area (Å²) in [6, 6.07) is 87.4. The van der Waals surface area contributed by atoms with Gasteiger partial charge in [-0.1, -0.05) is 230 Å². The van der Waals surface area contributed by atoms with E-state index in [0.717, 1.165) is 80.1 Å². The summed E-state index contributed by atoms with van der Waals surface area (Å²) < 4.78 is 0. The van der Waals surface area contributed by atoms with Crippen LogP contribution in [0.15, 0.2) is 269 Å². The predicted octanol–water partition coefficient (Wildman–Crippen LogP) is 16.6. The molecule has 0 bridgehead atoms. The Bertz CT molecular complexity index is 3680. The molecule has 13 rings (SSSR count). The number of fused-ring (bicyclic) bond motifs is 9. The van der Waals surface area contributed by atoms with Gasteiger partial charge in [-0.15, -0.1) is 0 Å². The highest BCUT2D eigenvalue weighted by molar-refractivity contribution is 7.99. The van der Waals surface area contributed by atoms with Gasteiger partial charge in [0.25, 0.3) is 0 Å². The minimum Gasteiger partial charge on any atom is -0.247 e. The predicted molar refractivity (Wildman–Crippen MR) is 291 cm³/mol. The molecule has 0 atom stereocenters. The van der Waals surface area contributed by atoms with Crippen molar-refractivity contribution in [2.45, 2.75) is 28.0 Å². The van der Waals surface area contributed by atoms with Crippen LogP contribution in [0.1, 0.15) is 51.8 Å². The van der Waals surface area contributed by atoms with Gasteiger partial charge in [0.05, 0.1) is 28.2 Å². The lowest BCUT2D eigenvalue weighted by Crippen LogP contribution is -2.31. The zero-order chi connectivity index (χ0) is 46.4. The molecule has 3 heterocycles. The molecule has 2 aliphatic heterocycles. The van der Waals surface area contributed by atoms with Gasteiger partial charge in [0.15, 0.2) is 5.84 Å². The molecule has 0 saturated heterocycles. The Morgan fingerprint density at radius 1 is 0.357 bits per heavy atom. The Kier molecular flexibility index (Phi) is 10.5. The Balaban J connectivity index is 0.925. The van der Waals surface area contributed by atoms with E-state index in [4.69, 9.17) is 15.0 Å². The van der Waals surface area contributed by atoms with Crippen molar-refractivity contribution >= 4 is 29.0 Å². The molecule has 9 aromatic carbocycles. The van der Waals surface area contributed by atoms with Gasteiger partial charge in [-0.25, -0.2) is 15.0 Å². The highest BCUT2D eigenvalue weighted by Gasteiger charge is 2.50. The highest BCUT2D eigenvalue weighted by atomic mass is 32.2. The third kappa shape index (κ3) is 7.19. The van der Waals surface area contributed by atoms with Crippen LogP contribution in [-0.2, 0) is 5.41 Å². The third-order valence-corrected chi connectivity index (χ3v) is 15.2. The molecule has 0 fully saturated rings. The minimum atomic E-state index is -0.446. The Morgan fingerprint density at radius 3 is 1.66 bits per heavy atom. The number of benzene rings is 9. The van der Waals surface area contributed by atoms with Gasteiger partial charge in [0, 0.05) is 32.0 Å². The van der Waals surface area contributed by atoms with Crippen molar-refractivity contribution in [1.29, 1.82) is 0 Å². The number of rotatable bonds is 7. The molecule has 70 heavy (non-hydrogen) atoms. The standard InChI is InChI=1S/C66H45N3S/c1-4-18-44(19-5-1)49-24-16-25-50(42-49)64-52(39-41-61(67-64)47-22-8-3-9-23-47)45-34-36-48(37-35-45)60-31-17-30-59(46-20-6-2-7-21-46)68-65(69-60)51-38-40-56-54(43-51)53-26-10-11-27-55(53)66(56)57-28-12-14-32-62(57)70-63-33-15-13-29-58(63)66/h1-16,18-29,31-43H,17,30H2. The van der Waals surface area contributed by atoms with Crippen molar-refractivity contribution in [3.8, 4) is 55.9 Å². The molecule has 10 aromatic rings. The van der Waals surface area contributed by atoms with Crippen LogP contribution in [0, 0.1) is 0 Å². The molecule has 1 spiro atoms. The van der Waals surface area contributed by atoms with E-state index in [9.17, 15) is 0 Å². The lowest BCUT2D eigenvalue weighted by Gasteiger charge is -2.39. The number of nitrogens with zero attached hydrogens (tertiary/aromatic N) is 3. The molecule has 3 nitrogen and oxygen atoms in total. The number of aliphatic imine (C=N–C) groups is 2. The third-order valence-electron chi connectivity index (χ3n) is 14.1. The normalized spacial score (nSPS) is 14.2. The summed E-state index contributed by atoms with van der Waals surface area (Å²) >= 11 is 1.87. The molecule has 0 N–H and O–H groups in total. The van der Waals surface area contributed by atoms with Crippen LogP contribution in [-0.4, -0.2) is 16.5 Å². The molecule has 3 aliphatic rings. The molecule has 0 radical (unpaired) electrons. The van der Waals surface area contributed by atoms with Gasteiger partial charge in [0.2, 0.25) is 0 Å². The Labute approximate surface area is 413 Å². The fraction of sp³-hybridized carbons (Fsp3) is 0.0455. The number of hydrogen-bond donors (Lipinski definition) is 0. The second-order valence-corrected chi connectivity index (χ2v) is 19.2. The van der Waals surface area contributed by atoms with Gasteiger partial charge in [-0.3, -0.25) is 0 Å². The maximum atomic E-state index is 5.53. The lowest BCUT2D eigenvalue weighted by atomic mass is 9.67. The van der Waals surface area contributed by atoms with E-state index >= 15 is 0 Å². The molecule has 4 heteroatoms. The summed E-state index contributed by atoms with van der Waals surface area (Å²) in [4.78, 5) is 19.0. The summed E-state index contributed by atoms with van der Waals surface area (Å²) in [5.41, 5.74) is 20.9. The second-order valence-electron chi connectivity index (χ2n) is 18.1. The maximum Gasteiger partial charge on any atom is 0.160 e. The first-order valence-electron chi connectivity index (χ1n) is 24.1. The highest BCUT2D eigenvalue weighted by Crippen LogP contribution is 2.62. The fourth-order valence-corrected chi connectivity index (χ4v) is 12.0. The van der Waals surface area contributed by atoms with E-state index in [1.165, 1.54) is 48.7 Å². The average Bonchev–Trinajstić information content (AvgIpc) is 3.71. The average molecular weight is 912 g/mol. The molecule has 0 saturated carbocycles. The molecule has 0 amide bonds. The quantitative estimate of drug-likeness (QED) is 0.160. The number of allylic oxidation sites excluding steroid dienone is 1. The van der Waals surface area contributed by atoms with Crippen LogP contribution < -0.4 is 0 Å². The smallest absolute Gasteiger partial charge is 0.160 e. The summed E-state index contributed by atoms with van der Waals surface area (Å²) in [6.45, 7) is 0. The SMILES string of the molecule is C1=C(c2ccc(-c3ccc(-c4ccccc4)nc3-c3cccc(-c4ccccc4)c3)cc2)N=C(c2ccc3c(c2)-c2ccccc2C32c3ccccc3Sc3ccccc32)N=C(c2ccccc2)CC1. The number of pyridine rings is 1. The number of aromatic nitrogens is 1. The van der Waals surface area contributed by atoms with Crippen LogP contribution in [0.25, 0.3) is 61.6 Å². The van der Waals surface area contributed by atoms with Gasteiger partial charge in [-0.2, -0.15) is 0 Å². The van der Waals surface area contributed by atoms with Crippen molar-refractivity contribution in [2.75, 3.05) is 0 Å². The monoisotopic (exact) mass is 911 g/mol. The molecule has 0 unspecified atom stereocenters. The minimum absolute atomic E-state index is 0.446. The van der Waals surface area contributed by atoms with E-state index in [2.05, 4.69) is 243 Å². The zero-order valence-corrected chi connectivity index (χ0v) is 39.2. The van der Waals surface area contributed by atoms with Crippen LogP contribution in [0.2, 0.25) is 0 Å². The second kappa shape index (κ2) is 17.6. The van der Waals surface area contributed by atoms with Crippen LogP contribution >= 0.6 is 11.8 Å². The van der Waals surface area contributed by atoms with E-state index in [-0.39, 0.29) is 0 Å². The van der Waals surface area contributed by atoms with E-state index < -0.39 is 5.41 Å². The molecule has 330 valence electrons. The van der Waals surface area contributed by atoms with Crippen molar-refractivity contribution < 1.29 is 0 Å². The molecule has 1 aromatic heterocycles. The van der Waals surface area contributed by atoms with Crippen LogP contribution in [0.4, 0.5) is 0 Å². The Hall–Kier alpha value is -8.44. The summed E-state index contributed by atoms with van der Waals surface area (Å²) in [5.74, 6) is 0.705. The lowest BCUT2D eigenvalue weighted by molar-refractivity contribution is 0.722. The first kappa shape index (κ1) is 41.7. The van der Waals surface area contributed by atoms with Crippen molar-refractivity contribution in [3.05, 3.63) is 288 Å². The van der Waals surface area contributed by atoms with Gasteiger partial charge < -0.3 is 0 Å². The first-order valence-corrected chi connectivity index (χ1v) is 24.9. The molecular weight excluding hydrogens is 867 g/mol. The van der Waals surface area contributed by atoms with Crippen LogP contribution in [0.3, 0.4) is 0 Å². The fourth-order valence-electron chi connectivity index (χ4n) is 10.8. The van der Waals surface area contributed by atoms with Crippen molar-refractivity contribution in [3.63, 3.8) is 0 Å². The summed E-state index contributed by atoms with van der Waals surface area (Å²) in [7, 11) is 0. The maximum absolute atomic E-state index is 5.53. The van der Waals surface area contributed by atoms with E-state index in [1.54, 1.807) is 0 Å². The summed E-state index contributed by atoms with van der Waals surface area (Å²) in [6.07, 6.45) is 3.89. The Morgan fingerprint density at radius 2 is 0.929 bits per heavy atom. The van der Waals surface area contributed by atoms with Gasteiger partial charge in [-0.05, 0) is 104 Å². The largest absolute Gasteiger partial charge is 0.247 e. The number of amidine groups is 1.